The lowest BCUT2D eigenvalue weighted by atomic mass is 9.89. The summed E-state index contributed by atoms with van der Waals surface area (Å²) in [6.07, 6.45) is 0.221. The van der Waals surface area contributed by atoms with Gasteiger partial charge in [-0.2, -0.15) is 0 Å². The number of carbonyl (C=O) groups is 1. The van der Waals surface area contributed by atoms with E-state index in [0.29, 0.717) is 0 Å². The van der Waals surface area contributed by atoms with Crippen LogP contribution in [0.25, 0.3) is 11.1 Å². The smallest absolute Gasteiger partial charge is 0.311 e. The SMILES string of the molecule is O=C(O)C(CCO)c1ccccc1-c1ccccc1. The van der Waals surface area contributed by atoms with E-state index in [0.717, 1.165) is 16.7 Å². The quantitative estimate of drug-likeness (QED) is 0.864. The second-order valence-corrected chi connectivity index (χ2v) is 4.36. The Balaban J connectivity index is 2.49. The van der Waals surface area contributed by atoms with E-state index < -0.39 is 11.9 Å². The van der Waals surface area contributed by atoms with E-state index in [4.69, 9.17) is 5.11 Å². The van der Waals surface area contributed by atoms with Gasteiger partial charge in [0.05, 0.1) is 5.92 Å². The summed E-state index contributed by atoms with van der Waals surface area (Å²) >= 11 is 0. The van der Waals surface area contributed by atoms with Gasteiger partial charge in [-0.25, -0.2) is 0 Å². The molecule has 0 amide bonds. The Labute approximate surface area is 112 Å². The first-order valence-corrected chi connectivity index (χ1v) is 6.22. The molecule has 0 aliphatic rings. The lowest BCUT2D eigenvalue weighted by Gasteiger charge is -2.16. The van der Waals surface area contributed by atoms with Crippen molar-refractivity contribution in [3.8, 4) is 11.1 Å². The van der Waals surface area contributed by atoms with Crippen molar-refractivity contribution in [3.05, 3.63) is 60.2 Å². The van der Waals surface area contributed by atoms with Crippen LogP contribution in [0, 0.1) is 0 Å². The molecule has 1 atom stereocenters. The Morgan fingerprint density at radius 2 is 1.63 bits per heavy atom. The summed E-state index contributed by atoms with van der Waals surface area (Å²) in [4.78, 5) is 11.4. The van der Waals surface area contributed by atoms with Crippen molar-refractivity contribution < 1.29 is 15.0 Å². The van der Waals surface area contributed by atoms with E-state index in [1.165, 1.54) is 0 Å². The number of carboxylic acids is 1. The van der Waals surface area contributed by atoms with Crippen molar-refractivity contribution in [1.29, 1.82) is 0 Å². The van der Waals surface area contributed by atoms with Gasteiger partial charge in [-0.05, 0) is 23.1 Å². The number of hydrogen-bond donors (Lipinski definition) is 2. The number of aliphatic carboxylic acids is 1. The largest absolute Gasteiger partial charge is 0.481 e. The third kappa shape index (κ3) is 3.01. The Bertz CT molecular complexity index is 549. The molecule has 0 radical (unpaired) electrons. The summed E-state index contributed by atoms with van der Waals surface area (Å²) in [6.45, 7) is -0.139. The molecule has 3 heteroatoms. The van der Waals surface area contributed by atoms with E-state index in [1.807, 2.05) is 54.6 Å². The highest BCUT2D eigenvalue weighted by molar-refractivity contribution is 5.81. The molecule has 0 aromatic heterocycles. The van der Waals surface area contributed by atoms with Crippen LogP contribution in [0.2, 0.25) is 0 Å². The fraction of sp³-hybridized carbons (Fsp3) is 0.188. The molecule has 0 bridgehead atoms. The predicted octanol–water partition coefficient (Wildman–Crippen LogP) is 2.90. The molecule has 1 unspecified atom stereocenters. The maximum atomic E-state index is 11.4. The van der Waals surface area contributed by atoms with Gasteiger partial charge in [0, 0.05) is 6.61 Å². The Morgan fingerprint density at radius 1 is 1.00 bits per heavy atom. The number of carboxylic acid groups (broad SMARTS) is 1. The topological polar surface area (TPSA) is 57.5 Å². The molecule has 2 rings (SSSR count). The van der Waals surface area contributed by atoms with Crippen LogP contribution in [-0.2, 0) is 4.79 Å². The molecule has 2 N–H and O–H groups in total. The highest BCUT2D eigenvalue weighted by atomic mass is 16.4. The van der Waals surface area contributed by atoms with E-state index in [1.54, 1.807) is 0 Å². The molecule has 0 spiro atoms. The van der Waals surface area contributed by atoms with Crippen LogP contribution in [0.4, 0.5) is 0 Å². The number of benzene rings is 2. The van der Waals surface area contributed by atoms with Crippen molar-refractivity contribution in [2.24, 2.45) is 0 Å². The number of hydrogen-bond acceptors (Lipinski definition) is 2. The number of rotatable bonds is 5. The van der Waals surface area contributed by atoms with Crippen LogP contribution in [-0.4, -0.2) is 22.8 Å². The molecule has 0 saturated carbocycles. The zero-order valence-corrected chi connectivity index (χ0v) is 10.5. The van der Waals surface area contributed by atoms with Crippen LogP contribution in [0.1, 0.15) is 17.9 Å². The summed E-state index contributed by atoms with van der Waals surface area (Å²) in [5, 5.41) is 18.4. The molecule has 0 aliphatic heterocycles. The van der Waals surface area contributed by atoms with E-state index >= 15 is 0 Å². The lowest BCUT2D eigenvalue weighted by molar-refractivity contribution is -0.139. The Kier molecular flexibility index (Phi) is 4.31. The minimum atomic E-state index is -0.905. The van der Waals surface area contributed by atoms with Crippen LogP contribution >= 0.6 is 0 Å². The summed E-state index contributed by atoms with van der Waals surface area (Å²) in [6, 6.07) is 17.1. The van der Waals surface area contributed by atoms with Gasteiger partial charge in [0.1, 0.15) is 0 Å². The first-order chi connectivity index (χ1) is 9.24. The van der Waals surface area contributed by atoms with Crippen molar-refractivity contribution >= 4 is 5.97 Å². The standard InChI is InChI=1S/C16H16O3/c17-11-10-15(16(18)19)14-9-5-4-8-13(14)12-6-2-1-3-7-12/h1-9,15,17H,10-11H2,(H,18,19). The minimum Gasteiger partial charge on any atom is -0.481 e. The van der Waals surface area contributed by atoms with Crippen molar-refractivity contribution in [1.82, 2.24) is 0 Å². The van der Waals surface area contributed by atoms with E-state index in [2.05, 4.69) is 0 Å². The molecule has 0 aliphatic carbocycles. The monoisotopic (exact) mass is 256 g/mol. The van der Waals surface area contributed by atoms with E-state index in [-0.39, 0.29) is 13.0 Å². The fourth-order valence-electron chi connectivity index (χ4n) is 2.22. The number of aliphatic hydroxyl groups is 1. The molecule has 19 heavy (non-hydrogen) atoms. The molecule has 2 aromatic carbocycles. The lowest BCUT2D eigenvalue weighted by Crippen LogP contribution is -2.14. The van der Waals surface area contributed by atoms with Crippen LogP contribution in [0.15, 0.2) is 54.6 Å². The molecule has 0 heterocycles. The molecule has 0 fully saturated rings. The maximum Gasteiger partial charge on any atom is 0.311 e. The average molecular weight is 256 g/mol. The van der Waals surface area contributed by atoms with Gasteiger partial charge in [0.25, 0.3) is 0 Å². The third-order valence-corrected chi connectivity index (χ3v) is 3.14. The van der Waals surface area contributed by atoms with Gasteiger partial charge in [0.2, 0.25) is 0 Å². The molecule has 3 nitrogen and oxygen atoms in total. The molecular weight excluding hydrogens is 240 g/mol. The molecule has 98 valence electrons. The van der Waals surface area contributed by atoms with Gasteiger partial charge in [-0.3, -0.25) is 4.79 Å². The van der Waals surface area contributed by atoms with E-state index in [9.17, 15) is 9.90 Å². The summed E-state index contributed by atoms with van der Waals surface area (Å²) in [5.41, 5.74) is 2.64. The molecule has 0 saturated heterocycles. The zero-order chi connectivity index (χ0) is 13.7. The normalized spacial score (nSPS) is 12.1. The molecule has 2 aromatic rings. The summed E-state index contributed by atoms with van der Waals surface area (Å²) < 4.78 is 0. The summed E-state index contributed by atoms with van der Waals surface area (Å²) in [7, 11) is 0. The highest BCUT2D eigenvalue weighted by Crippen LogP contribution is 2.31. The second-order valence-electron chi connectivity index (χ2n) is 4.36. The second kappa shape index (κ2) is 6.16. The van der Waals surface area contributed by atoms with Gasteiger partial charge in [-0.1, -0.05) is 54.6 Å². The van der Waals surface area contributed by atoms with Crippen molar-refractivity contribution in [2.75, 3.05) is 6.61 Å². The van der Waals surface area contributed by atoms with Crippen molar-refractivity contribution in [2.45, 2.75) is 12.3 Å². The molecular formula is C16H16O3. The Morgan fingerprint density at radius 3 is 2.26 bits per heavy atom. The van der Waals surface area contributed by atoms with Crippen LogP contribution < -0.4 is 0 Å². The van der Waals surface area contributed by atoms with Crippen LogP contribution in [0.3, 0.4) is 0 Å². The average Bonchev–Trinajstić information content (AvgIpc) is 2.45. The van der Waals surface area contributed by atoms with Crippen LogP contribution in [0.5, 0.6) is 0 Å². The number of aliphatic hydroxyl groups excluding tert-OH is 1. The minimum absolute atomic E-state index is 0.139. The Hall–Kier alpha value is -2.13. The third-order valence-electron chi connectivity index (χ3n) is 3.14. The van der Waals surface area contributed by atoms with Gasteiger partial charge >= 0.3 is 5.97 Å². The highest BCUT2D eigenvalue weighted by Gasteiger charge is 2.22. The predicted molar refractivity (Wildman–Crippen MR) is 74.0 cm³/mol. The first-order valence-electron chi connectivity index (χ1n) is 6.22. The van der Waals surface area contributed by atoms with Gasteiger partial charge in [-0.15, -0.1) is 0 Å². The maximum absolute atomic E-state index is 11.4. The van der Waals surface area contributed by atoms with Gasteiger partial charge in [0.15, 0.2) is 0 Å². The van der Waals surface area contributed by atoms with Gasteiger partial charge < -0.3 is 10.2 Å². The summed E-state index contributed by atoms with van der Waals surface area (Å²) in [5.74, 6) is -1.58. The first kappa shape index (κ1) is 13.3. The fourth-order valence-corrected chi connectivity index (χ4v) is 2.22. The van der Waals surface area contributed by atoms with Crippen molar-refractivity contribution in [3.63, 3.8) is 0 Å². The zero-order valence-electron chi connectivity index (χ0n) is 10.5.